The summed E-state index contributed by atoms with van der Waals surface area (Å²) in [6, 6.07) is 17.2. The lowest BCUT2D eigenvalue weighted by Crippen LogP contribution is -2.57. The molecule has 2 aromatic rings. The normalized spacial score (nSPS) is 16.7. The molecule has 1 aliphatic rings. The SMILES string of the molecule is N#C/C(=C/[C@H]1C(=O)NC(=S)N(c2ccc(Cl)cc2)C1=O)C(=O)NCc1ccccc1. The Bertz CT molecular complexity index is 1080. The predicted octanol–water partition coefficient (Wildman–Crippen LogP) is 2.47. The highest BCUT2D eigenvalue weighted by Gasteiger charge is 2.38. The zero-order chi connectivity index (χ0) is 21.7. The fourth-order valence-electron chi connectivity index (χ4n) is 2.78. The Hall–Kier alpha value is -3.54. The number of nitriles is 1. The highest BCUT2D eigenvalue weighted by Crippen LogP contribution is 2.24. The van der Waals surface area contributed by atoms with Crippen molar-refractivity contribution in [3.8, 4) is 6.07 Å². The maximum Gasteiger partial charge on any atom is 0.261 e. The second kappa shape index (κ2) is 9.31. The van der Waals surface area contributed by atoms with Crippen LogP contribution in [0, 0.1) is 17.2 Å². The van der Waals surface area contributed by atoms with Crippen molar-refractivity contribution in [2.75, 3.05) is 4.90 Å². The third-order valence-electron chi connectivity index (χ3n) is 4.28. The molecule has 1 atom stereocenters. The molecule has 0 unspecified atom stereocenters. The molecule has 1 heterocycles. The molecule has 0 spiro atoms. The summed E-state index contributed by atoms with van der Waals surface area (Å²) in [7, 11) is 0. The number of amides is 3. The molecule has 0 saturated carbocycles. The summed E-state index contributed by atoms with van der Waals surface area (Å²) < 4.78 is 0. The quantitative estimate of drug-likeness (QED) is 0.323. The van der Waals surface area contributed by atoms with Crippen LogP contribution in [-0.4, -0.2) is 22.8 Å². The molecule has 3 rings (SSSR count). The van der Waals surface area contributed by atoms with Gasteiger partial charge in [0, 0.05) is 11.6 Å². The van der Waals surface area contributed by atoms with Crippen LogP contribution in [0.25, 0.3) is 0 Å². The summed E-state index contributed by atoms with van der Waals surface area (Å²) in [6.07, 6.45) is 1.04. The molecule has 1 aliphatic heterocycles. The number of nitrogens with zero attached hydrogens (tertiary/aromatic N) is 2. The Morgan fingerprint density at radius 3 is 2.50 bits per heavy atom. The molecule has 2 N–H and O–H groups in total. The van der Waals surface area contributed by atoms with E-state index in [1.807, 2.05) is 30.3 Å². The van der Waals surface area contributed by atoms with Gasteiger partial charge in [-0.05, 0) is 48.1 Å². The predicted molar refractivity (Wildman–Crippen MR) is 115 cm³/mol. The van der Waals surface area contributed by atoms with Crippen LogP contribution in [-0.2, 0) is 20.9 Å². The first-order chi connectivity index (χ1) is 14.4. The number of carbonyl (C=O) groups is 3. The Kier molecular flexibility index (Phi) is 6.57. The van der Waals surface area contributed by atoms with Crippen molar-refractivity contribution in [3.63, 3.8) is 0 Å². The first-order valence-electron chi connectivity index (χ1n) is 8.79. The average Bonchev–Trinajstić information content (AvgIpc) is 2.74. The number of halogens is 1. The minimum absolute atomic E-state index is 0.0935. The van der Waals surface area contributed by atoms with Crippen molar-refractivity contribution in [3.05, 3.63) is 76.8 Å². The maximum atomic E-state index is 12.9. The smallest absolute Gasteiger partial charge is 0.261 e. The number of anilines is 1. The van der Waals surface area contributed by atoms with E-state index in [0.717, 1.165) is 16.5 Å². The summed E-state index contributed by atoms with van der Waals surface area (Å²) in [5.41, 5.74) is 0.900. The van der Waals surface area contributed by atoms with Crippen LogP contribution in [0.4, 0.5) is 5.69 Å². The summed E-state index contributed by atoms with van der Waals surface area (Å²) >= 11 is 11.0. The van der Waals surface area contributed by atoms with E-state index in [9.17, 15) is 19.6 Å². The van der Waals surface area contributed by atoms with Gasteiger partial charge in [0.05, 0.1) is 5.69 Å². The fraction of sp³-hybridized carbons (Fsp3) is 0.0952. The minimum atomic E-state index is -1.38. The van der Waals surface area contributed by atoms with Gasteiger partial charge < -0.3 is 10.6 Å². The summed E-state index contributed by atoms with van der Waals surface area (Å²) in [6.45, 7) is 0.199. The molecule has 0 aromatic heterocycles. The lowest BCUT2D eigenvalue weighted by Gasteiger charge is -2.31. The van der Waals surface area contributed by atoms with Crippen molar-refractivity contribution in [2.45, 2.75) is 6.54 Å². The fourth-order valence-corrected chi connectivity index (χ4v) is 3.20. The molecule has 1 fully saturated rings. The maximum absolute atomic E-state index is 12.9. The van der Waals surface area contributed by atoms with E-state index in [0.29, 0.717) is 10.7 Å². The molecule has 0 radical (unpaired) electrons. The second-order valence-corrected chi connectivity index (χ2v) is 7.11. The summed E-state index contributed by atoms with van der Waals surface area (Å²) in [5.74, 6) is -3.45. The number of rotatable bonds is 5. The van der Waals surface area contributed by atoms with E-state index in [2.05, 4.69) is 10.6 Å². The van der Waals surface area contributed by atoms with E-state index in [-0.39, 0.29) is 17.2 Å². The van der Waals surface area contributed by atoms with Crippen molar-refractivity contribution in [1.29, 1.82) is 5.26 Å². The third-order valence-corrected chi connectivity index (χ3v) is 4.82. The number of carbonyl (C=O) groups excluding carboxylic acids is 3. The monoisotopic (exact) mass is 438 g/mol. The lowest BCUT2D eigenvalue weighted by atomic mass is 10.0. The third kappa shape index (κ3) is 4.71. The van der Waals surface area contributed by atoms with Crippen molar-refractivity contribution >= 4 is 52.3 Å². The molecule has 0 aliphatic carbocycles. The van der Waals surface area contributed by atoms with Gasteiger partial charge in [-0.25, -0.2) is 0 Å². The highest BCUT2D eigenvalue weighted by molar-refractivity contribution is 7.80. The zero-order valence-electron chi connectivity index (χ0n) is 15.5. The van der Waals surface area contributed by atoms with Crippen LogP contribution in [0.5, 0.6) is 0 Å². The molecule has 9 heteroatoms. The first kappa shape index (κ1) is 21.2. The molecule has 0 bridgehead atoms. The number of hydrogen-bond donors (Lipinski definition) is 2. The van der Waals surface area contributed by atoms with Gasteiger partial charge in [-0.15, -0.1) is 0 Å². The Morgan fingerprint density at radius 2 is 1.87 bits per heavy atom. The van der Waals surface area contributed by atoms with Gasteiger partial charge in [0.2, 0.25) is 11.8 Å². The molecule has 7 nitrogen and oxygen atoms in total. The molecular weight excluding hydrogens is 424 g/mol. The largest absolute Gasteiger partial charge is 0.347 e. The molecule has 2 aromatic carbocycles. The molecule has 150 valence electrons. The second-order valence-electron chi connectivity index (χ2n) is 6.28. The van der Waals surface area contributed by atoms with Gasteiger partial charge >= 0.3 is 0 Å². The van der Waals surface area contributed by atoms with Crippen molar-refractivity contribution in [2.24, 2.45) is 5.92 Å². The Morgan fingerprint density at radius 1 is 1.20 bits per heavy atom. The topological polar surface area (TPSA) is 102 Å². The van der Waals surface area contributed by atoms with E-state index < -0.39 is 23.6 Å². The molecule has 3 amide bonds. The zero-order valence-corrected chi connectivity index (χ0v) is 17.0. The van der Waals surface area contributed by atoms with Gasteiger partial charge in [-0.1, -0.05) is 41.9 Å². The van der Waals surface area contributed by atoms with E-state index in [1.54, 1.807) is 30.3 Å². The number of nitrogens with one attached hydrogen (secondary N) is 2. The number of thiocarbonyl (C=S) groups is 1. The van der Waals surface area contributed by atoms with Gasteiger partial charge in [0.25, 0.3) is 5.91 Å². The van der Waals surface area contributed by atoms with E-state index in [1.165, 1.54) is 0 Å². The van der Waals surface area contributed by atoms with E-state index >= 15 is 0 Å². The van der Waals surface area contributed by atoms with Crippen LogP contribution in [0.15, 0.2) is 66.2 Å². The standard InChI is InChI=1S/C21H15ClN4O3S/c22-15-6-8-16(9-7-15)26-20(29)17(19(28)25-21(26)30)10-14(11-23)18(27)24-12-13-4-2-1-3-5-13/h1-10,17H,12H2,(H,24,27)(H,25,28,30)/b14-10-/t17-/m0/s1. The number of benzene rings is 2. The molecule has 1 saturated heterocycles. The van der Waals surface area contributed by atoms with Crippen LogP contribution in [0.1, 0.15) is 5.56 Å². The van der Waals surface area contributed by atoms with Crippen molar-refractivity contribution in [1.82, 2.24) is 10.6 Å². The summed E-state index contributed by atoms with van der Waals surface area (Å²) in [4.78, 5) is 38.8. The van der Waals surface area contributed by atoms with Crippen LogP contribution >= 0.6 is 23.8 Å². The van der Waals surface area contributed by atoms with Crippen LogP contribution in [0.3, 0.4) is 0 Å². The Labute approximate surface area is 182 Å². The van der Waals surface area contributed by atoms with Crippen LogP contribution in [0.2, 0.25) is 5.02 Å². The van der Waals surface area contributed by atoms with Crippen molar-refractivity contribution < 1.29 is 14.4 Å². The van der Waals surface area contributed by atoms with Gasteiger partial charge in [0.15, 0.2) is 5.11 Å². The average molecular weight is 439 g/mol. The van der Waals surface area contributed by atoms with E-state index in [4.69, 9.17) is 23.8 Å². The first-order valence-corrected chi connectivity index (χ1v) is 9.57. The Balaban J connectivity index is 1.81. The molecule has 30 heavy (non-hydrogen) atoms. The molecular formula is C21H15ClN4O3S. The van der Waals surface area contributed by atoms with Gasteiger partial charge in [0.1, 0.15) is 17.6 Å². The minimum Gasteiger partial charge on any atom is -0.347 e. The lowest BCUT2D eigenvalue weighted by molar-refractivity contribution is -0.131. The van der Waals surface area contributed by atoms with Crippen LogP contribution < -0.4 is 15.5 Å². The van der Waals surface area contributed by atoms with Gasteiger partial charge in [-0.2, -0.15) is 5.26 Å². The number of hydrogen-bond acceptors (Lipinski definition) is 5. The van der Waals surface area contributed by atoms with Gasteiger partial charge in [-0.3, -0.25) is 19.3 Å². The summed E-state index contributed by atoms with van der Waals surface area (Å²) in [5, 5.41) is 14.8. The highest BCUT2D eigenvalue weighted by atomic mass is 35.5.